The summed E-state index contributed by atoms with van der Waals surface area (Å²) < 4.78 is 29.2. The zero-order chi connectivity index (χ0) is 26.5. The summed E-state index contributed by atoms with van der Waals surface area (Å²) in [6.45, 7) is 0.932. The van der Waals surface area contributed by atoms with Crippen LogP contribution >= 0.6 is 45.8 Å². The number of amides is 2. The number of hydrogen-bond donors (Lipinski definition) is 1. The molecule has 0 aliphatic heterocycles. The standard InChI is InChI=1S/C25H24Cl2IN3O4S/c1-17(25(33)29-2)30(15-21-22(26)9-6-10-23(21)27)24(32)16-31(19-13-11-18(28)12-14-19)36(34,35)20-7-4-3-5-8-20/h3-14,17H,15-16H2,1-2H3,(H,29,33)/t17-/m0/s1. The summed E-state index contributed by atoms with van der Waals surface area (Å²) in [5.74, 6) is -1.02. The molecule has 36 heavy (non-hydrogen) atoms. The molecule has 0 fully saturated rings. The zero-order valence-corrected chi connectivity index (χ0v) is 24.0. The number of nitrogens with one attached hydrogen (secondary N) is 1. The second kappa shape index (κ2) is 12.3. The highest BCUT2D eigenvalue weighted by Gasteiger charge is 2.32. The lowest BCUT2D eigenvalue weighted by atomic mass is 10.1. The van der Waals surface area contributed by atoms with Gasteiger partial charge in [-0.3, -0.25) is 13.9 Å². The van der Waals surface area contributed by atoms with Gasteiger partial charge in [0, 0.05) is 32.8 Å². The van der Waals surface area contributed by atoms with Gasteiger partial charge < -0.3 is 10.2 Å². The van der Waals surface area contributed by atoms with E-state index < -0.39 is 34.4 Å². The van der Waals surface area contributed by atoms with Gasteiger partial charge in [0.15, 0.2) is 0 Å². The first-order valence-electron chi connectivity index (χ1n) is 10.8. The summed E-state index contributed by atoms with van der Waals surface area (Å²) in [5, 5.41) is 3.19. The van der Waals surface area contributed by atoms with Gasteiger partial charge in [-0.15, -0.1) is 0 Å². The number of carbonyl (C=O) groups excluding carboxylic acids is 2. The Morgan fingerprint density at radius 2 is 1.53 bits per heavy atom. The Labute approximate surface area is 234 Å². The van der Waals surface area contributed by atoms with Crippen molar-refractivity contribution in [1.82, 2.24) is 10.2 Å². The van der Waals surface area contributed by atoms with Crippen molar-refractivity contribution in [2.45, 2.75) is 24.4 Å². The average Bonchev–Trinajstić information content (AvgIpc) is 2.87. The van der Waals surface area contributed by atoms with E-state index in [4.69, 9.17) is 23.2 Å². The van der Waals surface area contributed by atoms with E-state index in [-0.39, 0.29) is 11.4 Å². The monoisotopic (exact) mass is 659 g/mol. The van der Waals surface area contributed by atoms with E-state index in [9.17, 15) is 18.0 Å². The molecule has 11 heteroatoms. The SMILES string of the molecule is CNC(=O)[C@H](C)N(Cc1c(Cl)cccc1Cl)C(=O)CN(c1ccc(I)cc1)S(=O)(=O)c1ccccc1. The van der Waals surface area contributed by atoms with Crippen molar-refractivity contribution < 1.29 is 18.0 Å². The average molecular weight is 660 g/mol. The van der Waals surface area contributed by atoms with Crippen molar-refractivity contribution in [2.24, 2.45) is 0 Å². The predicted octanol–water partition coefficient (Wildman–Crippen LogP) is 4.96. The van der Waals surface area contributed by atoms with Crippen LogP contribution in [0.2, 0.25) is 10.0 Å². The topological polar surface area (TPSA) is 86.8 Å². The fourth-order valence-electron chi connectivity index (χ4n) is 3.50. The Morgan fingerprint density at radius 3 is 2.08 bits per heavy atom. The van der Waals surface area contributed by atoms with Crippen LogP contribution in [0.15, 0.2) is 77.7 Å². The number of benzene rings is 3. The van der Waals surface area contributed by atoms with Gasteiger partial charge in [-0.05, 0) is 78.0 Å². The summed E-state index contributed by atoms with van der Waals surface area (Å²) in [7, 11) is -2.65. The molecule has 0 bridgehead atoms. The second-order valence-corrected chi connectivity index (χ2v) is 11.7. The Balaban J connectivity index is 2.05. The van der Waals surface area contributed by atoms with Crippen molar-refractivity contribution in [3.05, 3.63) is 92.0 Å². The third kappa shape index (κ3) is 6.50. The second-order valence-electron chi connectivity index (χ2n) is 7.81. The molecule has 190 valence electrons. The fourth-order valence-corrected chi connectivity index (χ4v) is 5.81. The number of nitrogens with zero attached hydrogens (tertiary/aromatic N) is 2. The summed E-state index contributed by atoms with van der Waals surface area (Å²) in [5.41, 5.74) is 0.771. The third-order valence-electron chi connectivity index (χ3n) is 5.53. The maximum absolute atomic E-state index is 13.7. The highest BCUT2D eigenvalue weighted by Crippen LogP contribution is 2.28. The molecular weight excluding hydrogens is 636 g/mol. The normalized spacial score (nSPS) is 12.0. The molecule has 0 saturated carbocycles. The fraction of sp³-hybridized carbons (Fsp3) is 0.200. The lowest BCUT2D eigenvalue weighted by molar-refractivity contribution is -0.139. The number of halogens is 3. The lowest BCUT2D eigenvalue weighted by Crippen LogP contribution is -2.50. The molecule has 0 saturated heterocycles. The van der Waals surface area contributed by atoms with Crippen LogP contribution in [-0.2, 0) is 26.2 Å². The highest BCUT2D eigenvalue weighted by atomic mass is 127. The molecule has 7 nitrogen and oxygen atoms in total. The molecule has 0 aliphatic rings. The van der Waals surface area contributed by atoms with Crippen molar-refractivity contribution in [3.8, 4) is 0 Å². The van der Waals surface area contributed by atoms with Crippen LogP contribution in [0, 0.1) is 3.57 Å². The van der Waals surface area contributed by atoms with Crippen LogP contribution in [0.5, 0.6) is 0 Å². The van der Waals surface area contributed by atoms with Crippen LogP contribution < -0.4 is 9.62 Å². The largest absolute Gasteiger partial charge is 0.357 e. The van der Waals surface area contributed by atoms with E-state index in [0.717, 1.165) is 7.88 Å². The van der Waals surface area contributed by atoms with E-state index >= 15 is 0 Å². The number of anilines is 1. The maximum Gasteiger partial charge on any atom is 0.264 e. The van der Waals surface area contributed by atoms with Gasteiger partial charge in [0.25, 0.3) is 10.0 Å². The predicted molar refractivity (Wildman–Crippen MR) is 151 cm³/mol. The van der Waals surface area contributed by atoms with Crippen molar-refractivity contribution in [1.29, 1.82) is 0 Å². The molecule has 0 radical (unpaired) electrons. The number of sulfonamides is 1. The first kappa shape index (κ1) is 28.2. The van der Waals surface area contributed by atoms with E-state index in [0.29, 0.717) is 21.3 Å². The van der Waals surface area contributed by atoms with Gasteiger partial charge in [0.1, 0.15) is 12.6 Å². The van der Waals surface area contributed by atoms with E-state index in [1.165, 1.54) is 24.1 Å². The third-order valence-corrected chi connectivity index (χ3v) is 8.74. The molecule has 0 aromatic heterocycles. The first-order valence-corrected chi connectivity index (χ1v) is 14.1. The van der Waals surface area contributed by atoms with Gasteiger partial charge in [0.05, 0.1) is 10.6 Å². The maximum atomic E-state index is 13.7. The Kier molecular flexibility index (Phi) is 9.62. The molecule has 1 atom stereocenters. The number of hydrogen-bond acceptors (Lipinski definition) is 4. The molecule has 3 aromatic carbocycles. The zero-order valence-electron chi connectivity index (χ0n) is 19.5. The lowest BCUT2D eigenvalue weighted by Gasteiger charge is -2.32. The number of rotatable bonds is 9. The summed E-state index contributed by atoms with van der Waals surface area (Å²) in [6.07, 6.45) is 0. The van der Waals surface area contributed by atoms with Crippen molar-refractivity contribution >= 4 is 73.3 Å². The van der Waals surface area contributed by atoms with Crippen LogP contribution in [0.4, 0.5) is 5.69 Å². The van der Waals surface area contributed by atoms with Crippen LogP contribution in [-0.4, -0.2) is 44.8 Å². The highest BCUT2D eigenvalue weighted by molar-refractivity contribution is 14.1. The molecule has 3 aromatic rings. The summed E-state index contributed by atoms with van der Waals surface area (Å²) >= 11 is 14.8. The van der Waals surface area contributed by atoms with Crippen LogP contribution in [0.1, 0.15) is 12.5 Å². The molecule has 0 heterocycles. The molecular formula is C25H24Cl2IN3O4S. The smallest absolute Gasteiger partial charge is 0.264 e. The molecule has 0 spiro atoms. The molecule has 0 unspecified atom stereocenters. The van der Waals surface area contributed by atoms with Crippen LogP contribution in [0.3, 0.4) is 0 Å². The molecule has 1 N–H and O–H groups in total. The Hall–Kier alpha value is -2.34. The Bertz CT molecular complexity index is 1320. The summed E-state index contributed by atoms with van der Waals surface area (Å²) in [4.78, 5) is 27.5. The van der Waals surface area contributed by atoms with E-state index in [1.807, 2.05) is 0 Å². The van der Waals surface area contributed by atoms with Crippen LogP contribution in [0.25, 0.3) is 0 Å². The number of carbonyl (C=O) groups is 2. The van der Waals surface area contributed by atoms with Gasteiger partial charge in [-0.1, -0.05) is 47.5 Å². The summed E-state index contributed by atoms with van der Waals surface area (Å²) in [6, 6.07) is 18.6. The van der Waals surface area contributed by atoms with Gasteiger partial charge in [-0.2, -0.15) is 0 Å². The van der Waals surface area contributed by atoms with Gasteiger partial charge >= 0.3 is 0 Å². The molecule has 3 rings (SSSR count). The van der Waals surface area contributed by atoms with Crippen molar-refractivity contribution in [2.75, 3.05) is 17.9 Å². The minimum Gasteiger partial charge on any atom is -0.357 e. The minimum atomic E-state index is -4.11. The van der Waals surface area contributed by atoms with E-state index in [2.05, 4.69) is 27.9 Å². The van der Waals surface area contributed by atoms with E-state index in [1.54, 1.807) is 67.6 Å². The number of likely N-dealkylation sites (N-methyl/N-ethyl adjacent to an activating group) is 1. The molecule has 2 amide bonds. The van der Waals surface area contributed by atoms with Gasteiger partial charge in [-0.25, -0.2) is 8.42 Å². The van der Waals surface area contributed by atoms with Gasteiger partial charge in [0.2, 0.25) is 11.8 Å². The first-order chi connectivity index (χ1) is 17.1. The Morgan fingerprint density at radius 1 is 0.944 bits per heavy atom. The van der Waals surface area contributed by atoms with Crippen molar-refractivity contribution in [3.63, 3.8) is 0 Å². The quantitative estimate of drug-likeness (QED) is 0.329. The minimum absolute atomic E-state index is 0.0383. The molecule has 0 aliphatic carbocycles.